The Kier molecular flexibility index (Phi) is 5.77. The summed E-state index contributed by atoms with van der Waals surface area (Å²) in [6.45, 7) is 16.9. The van der Waals surface area contributed by atoms with Gasteiger partial charge in [-0.05, 0) is 92.3 Å². The zero-order valence-electron chi connectivity index (χ0n) is 17.9. The molecule has 0 heteroatoms. The van der Waals surface area contributed by atoms with Crippen molar-refractivity contribution < 1.29 is 0 Å². The Morgan fingerprint density at radius 3 is 2.48 bits per heavy atom. The standard InChI is InChI=1S/C25H44/c1-7-19(4)13-16-24(5)15-9-10-20-22(24)14-17-25(6)21(18(2)3)11-8-12-23(20)25/h19-23H,2,7-17H2,1,3-6H3/t19?,20-,21-,22?,23?,24-,25-/m1/s1. The van der Waals surface area contributed by atoms with E-state index in [0.717, 1.165) is 29.6 Å². The maximum atomic E-state index is 4.41. The third-order valence-corrected chi connectivity index (χ3v) is 9.36. The van der Waals surface area contributed by atoms with E-state index in [1.54, 1.807) is 0 Å². The molecule has 0 aromatic rings. The highest BCUT2D eigenvalue weighted by molar-refractivity contribution is 5.12. The van der Waals surface area contributed by atoms with Crippen molar-refractivity contribution in [2.24, 2.45) is 40.4 Å². The second-order valence-electron chi connectivity index (χ2n) is 10.8. The van der Waals surface area contributed by atoms with Crippen molar-refractivity contribution in [2.75, 3.05) is 0 Å². The average Bonchev–Trinajstić information content (AvgIpc) is 2.58. The van der Waals surface area contributed by atoms with Crippen molar-refractivity contribution in [2.45, 2.75) is 105 Å². The lowest BCUT2D eigenvalue weighted by atomic mass is 9.44. The summed E-state index contributed by atoms with van der Waals surface area (Å²) in [5, 5.41) is 0. The van der Waals surface area contributed by atoms with Gasteiger partial charge in [0.1, 0.15) is 0 Å². The van der Waals surface area contributed by atoms with Gasteiger partial charge in [-0.15, -0.1) is 0 Å². The molecule has 0 saturated heterocycles. The molecule has 3 saturated carbocycles. The molecule has 0 amide bonds. The smallest absolute Gasteiger partial charge is 0.0152 e. The molecule has 3 aliphatic carbocycles. The highest BCUT2D eigenvalue weighted by atomic mass is 14.6. The molecule has 0 aliphatic heterocycles. The van der Waals surface area contributed by atoms with Gasteiger partial charge in [0.25, 0.3) is 0 Å². The Morgan fingerprint density at radius 2 is 1.80 bits per heavy atom. The fourth-order valence-electron chi connectivity index (χ4n) is 7.58. The lowest BCUT2D eigenvalue weighted by molar-refractivity contribution is -0.107. The normalized spacial score (nSPS) is 45.3. The molecular formula is C25H44. The first-order chi connectivity index (χ1) is 11.8. The largest absolute Gasteiger partial charge is 0.0998 e. The molecule has 3 unspecified atom stereocenters. The van der Waals surface area contributed by atoms with Crippen LogP contribution in [0.3, 0.4) is 0 Å². The van der Waals surface area contributed by atoms with Crippen molar-refractivity contribution >= 4 is 0 Å². The lowest BCUT2D eigenvalue weighted by Gasteiger charge is -2.61. The first-order valence-electron chi connectivity index (χ1n) is 11.5. The molecule has 3 aliphatic rings. The SMILES string of the molecule is C=C(C)[C@H]1CCCC2[C@@H]3CCC[C@](C)(CCC(C)CC)C3CC[C@@]21C. The minimum atomic E-state index is 0.556. The van der Waals surface area contributed by atoms with Crippen LogP contribution in [0.15, 0.2) is 12.2 Å². The molecular weight excluding hydrogens is 300 g/mol. The van der Waals surface area contributed by atoms with E-state index in [0.29, 0.717) is 10.8 Å². The maximum Gasteiger partial charge on any atom is -0.0152 e. The predicted octanol–water partition coefficient (Wildman–Crippen LogP) is 8.03. The minimum absolute atomic E-state index is 0.556. The number of fused-ring (bicyclic) bond motifs is 3. The summed E-state index contributed by atoms with van der Waals surface area (Å²) in [5.41, 5.74) is 2.66. The molecule has 0 bridgehead atoms. The zero-order chi connectivity index (χ0) is 18.2. The molecule has 0 spiro atoms. The number of hydrogen-bond donors (Lipinski definition) is 0. The Morgan fingerprint density at radius 1 is 1.04 bits per heavy atom. The van der Waals surface area contributed by atoms with Gasteiger partial charge in [-0.2, -0.15) is 0 Å². The summed E-state index contributed by atoms with van der Waals surface area (Å²) < 4.78 is 0. The van der Waals surface area contributed by atoms with Crippen LogP contribution in [-0.2, 0) is 0 Å². The molecule has 3 rings (SSSR count). The molecule has 7 atom stereocenters. The lowest BCUT2D eigenvalue weighted by Crippen LogP contribution is -2.53. The van der Waals surface area contributed by atoms with Crippen LogP contribution in [-0.4, -0.2) is 0 Å². The maximum absolute atomic E-state index is 4.41. The van der Waals surface area contributed by atoms with Gasteiger partial charge in [0.15, 0.2) is 0 Å². The van der Waals surface area contributed by atoms with Crippen molar-refractivity contribution in [3.05, 3.63) is 12.2 Å². The first-order valence-corrected chi connectivity index (χ1v) is 11.5. The summed E-state index contributed by atoms with van der Waals surface area (Å²) in [7, 11) is 0. The Bertz CT molecular complexity index is 476. The Balaban J connectivity index is 1.79. The summed E-state index contributed by atoms with van der Waals surface area (Å²) in [6, 6.07) is 0. The molecule has 25 heavy (non-hydrogen) atoms. The van der Waals surface area contributed by atoms with Gasteiger partial charge in [-0.3, -0.25) is 0 Å². The van der Waals surface area contributed by atoms with Crippen LogP contribution in [0.2, 0.25) is 0 Å². The molecule has 3 fully saturated rings. The van der Waals surface area contributed by atoms with E-state index in [-0.39, 0.29) is 0 Å². The van der Waals surface area contributed by atoms with Crippen LogP contribution < -0.4 is 0 Å². The van der Waals surface area contributed by atoms with E-state index in [1.165, 1.54) is 76.2 Å². The predicted molar refractivity (Wildman–Crippen MR) is 111 cm³/mol. The van der Waals surface area contributed by atoms with Crippen molar-refractivity contribution in [3.8, 4) is 0 Å². The molecule has 0 aromatic heterocycles. The third-order valence-electron chi connectivity index (χ3n) is 9.36. The Hall–Kier alpha value is -0.260. The van der Waals surface area contributed by atoms with Crippen LogP contribution in [0.5, 0.6) is 0 Å². The monoisotopic (exact) mass is 344 g/mol. The van der Waals surface area contributed by atoms with Gasteiger partial charge in [0, 0.05) is 0 Å². The summed E-state index contributed by atoms with van der Waals surface area (Å²) in [5.74, 6) is 4.70. The van der Waals surface area contributed by atoms with Crippen molar-refractivity contribution in [1.82, 2.24) is 0 Å². The van der Waals surface area contributed by atoms with Crippen LogP contribution >= 0.6 is 0 Å². The minimum Gasteiger partial charge on any atom is -0.0998 e. The summed E-state index contributed by atoms with van der Waals surface area (Å²) >= 11 is 0. The highest BCUT2D eigenvalue weighted by Crippen LogP contribution is 2.64. The fraction of sp³-hybridized carbons (Fsp3) is 0.920. The van der Waals surface area contributed by atoms with E-state index < -0.39 is 0 Å². The summed E-state index contributed by atoms with van der Waals surface area (Å²) in [6.07, 6.45) is 16.1. The number of hydrogen-bond acceptors (Lipinski definition) is 0. The average molecular weight is 345 g/mol. The van der Waals surface area contributed by atoms with E-state index >= 15 is 0 Å². The molecule has 0 nitrogen and oxygen atoms in total. The van der Waals surface area contributed by atoms with Crippen LogP contribution in [0, 0.1) is 40.4 Å². The fourth-order valence-corrected chi connectivity index (χ4v) is 7.58. The van der Waals surface area contributed by atoms with Crippen LogP contribution in [0.1, 0.15) is 105 Å². The summed E-state index contributed by atoms with van der Waals surface area (Å²) in [4.78, 5) is 0. The molecule has 0 radical (unpaired) electrons. The van der Waals surface area contributed by atoms with Gasteiger partial charge in [-0.1, -0.05) is 65.5 Å². The van der Waals surface area contributed by atoms with Gasteiger partial charge in [0.2, 0.25) is 0 Å². The molecule has 144 valence electrons. The highest BCUT2D eigenvalue weighted by Gasteiger charge is 2.55. The van der Waals surface area contributed by atoms with Crippen molar-refractivity contribution in [3.63, 3.8) is 0 Å². The van der Waals surface area contributed by atoms with E-state index in [4.69, 9.17) is 0 Å². The first kappa shape index (κ1) is 19.5. The molecule has 0 heterocycles. The van der Waals surface area contributed by atoms with Gasteiger partial charge >= 0.3 is 0 Å². The van der Waals surface area contributed by atoms with E-state index in [2.05, 4.69) is 41.2 Å². The topological polar surface area (TPSA) is 0 Å². The number of rotatable bonds is 5. The van der Waals surface area contributed by atoms with E-state index in [9.17, 15) is 0 Å². The van der Waals surface area contributed by atoms with Gasteiger partial charge in [0.05, 0.1) is 0 Å². The molecule has 0 N–H and O–H groups in total. The van der Waals surface area contributed by atoms with Gasteiger partial charge < -0.3 is 0 Å². The second-order valence-corrected chi connectivity index (χ2v) is 10.8. The van der Waals surface area contributed by atoms with Crippen molar-refractivity contribution in [1.29, 1.82) is 0 Å². The second kappa shape index (κ2) is 7.40. The molecule has 0 aromatic carbocycles. The van der Waals surface area contributed by atoms with Crippen LogP contribution in [0.25, 0.3) is 0 Å². The number of allylic oxidation sites excluding steroid dienone is 1. The van der Waals surface area contributed by atoms with Gasteiger partial charge in [-0.25, -0.2) is 0 Å². The van der Waals surface area contributed by atoms with E-state index in [1.807, 2.05) is 0 Å². The quantitative estimate of drug-likeness (QED) is 0.443. The van der Waals surface area contributed by atoms with Crippen LogP contribution in [0.4, 0.5) is 0 Å². The third kappa shape index (κ3) is 3.49. The zero-order valence-corrected chi connectivity index (χ0v) is 17.9. The Labute approximate surface area is 158 Å².